The predicted molar refractivity (Wildman–Crippen MR) is 121 cm³/mol. The molecule has 0 spiro atoms. The van der Waals surface area contributed by atoms with Crippen LogP contribution < -0.4 is 0 Å². The monoisotopic (exact) mass is 441 g/mol. The molecular formula is C23H21Cl2N3O2. The fourth-order valence-corrected chi connectivity index (χ4v) is 3.73. The number of aldehydes is 1. The van der Waals surface area contributed by atoms with Crippen molar-refractivity contribution in [3.05, 3.63) is 87.1 Å². The van der Waals surface area contributed by atoms with Crippen LogP contribution >= 0.6 is 23.2 Å². The summed E-state index contributed by atoms with van der Waals surface area (Å²) < 4.78 is 7.30. The number of allylic oxidation sites excluding steroid dienone is 4. The van der Waals surface area contributed by atoms with Gasteiger partial charge in [0.1, 0.15) is 5.76 Å². The van der Waals surface area contributed by atoms with E-state index in [1.165, 1.54) is 6.20 Å². The highest BCUT2D eigenvalue weighted by atomic mass is 35.5. The standard InChI is InChI=1S/C23H21Cl2N3O2/c1-14(5-22(16(3)30-4)18-6-17(13-29)11-26-12-18)23-15(2)10-27-28(23)21-8-19(24)7-20(25)9-21/h5-13H,1-4H3/b14-5+,22-16-. The largest absolute Gasteiger partial charge is 0.501 e. The van der Waals surface area contributed by atoms with Gasteiger partial charge in [-0.1, -0.05) is 23.2 Å². The summed E-state index contributed by atoms with van der Waals surface area (Å²) in [5, 5.41) is 5.58. The summed E-state index contributed by atoms with van der Waals surface area (Å²) >= 11 is 12.4. The number of aryl methyl sites for hydroxylation is 1. The molecule has 3 aromatic rings. The zero-order valence-electron chi connectivity index (χ0n) is 17.1. The molecule has 5 nitrogen and oxygen atoms in total. The molecular weight excluding hydrogens is 421 g/mol. The van der Waals surface area contributed by atoms with Gasteiger partial charge in [0.2, 0.25) is 0 Å². The van der Waals surface area contributed by atoms with Crippen LogP contribution in [-0.2, 0) is 4.74 Å². The van der Waals surface area contributed by atoms with Gasteiger partial charge in [-0.25, -0.2) is 4.68 Å². The van der Waals surface area contributed by atoms with Crippen molar-refractivity contribution in [2.24, 2.45) is 0 Å². The van der Waals surface area contributed by atoms with Crippen molar-refractivity contribution >= 4 is 40.6 Å². The van der Waals surface area contributed by atoms with Crippen molar-refractivity contribution in [3.8, 4) is 5.69 Å². The molecule has 0 unspecified atom stereocenters. The highest BCUT2D eigenvalue weighted by molar-refractivity contribution is 6.34. The number of carbonyl (C=O) groups excluding carboxylic acids is 1. The van der Waals surface area contributed by atoms with Gasteiger partial charge in [-0.15, -0.1) is 0 Å². The Bertz CT molecular complexity index is 1140. The van der Waals surface area contributed by atoms with Crippen LogP contribution in [0.2, 0.25) is 10.0 Å². The second kappa shape index (κ2) is 9.28. The second-order valence-electron chi connectivity index (χ2n) is 6.84. The zero-order chi connectivity index (χ0) is 21.8. The van der Waals surface area contributed by atoms with Crippen LogP contribution in [0.3, 0.4) is 0 Å². The molecule has 0 radical (unpaired) electrons. The number of aromatic nitrogens is 3. The lowest BCUT2D eigenvalue weighted by Gasteiger charge is -2.13. The van der Waals surface area contributed by atoms with Crippen LogP contribution in [0.5, 0.6) is 0 Å². The Labute approximate surface area is 185 Å². The fraction of sp³-hybridized carbons (Fsp3) is 0.174. The quantitative estimate of drug-likeness (QED) is 0.260. The topological polar surface area (TPSA) is 57.0 Å². The van der Waals surface area contributed by atoms with Crippen LogP contribution in [0.1, 0.15) is 41.0 Å². The number of methoxy groups -OCH3 is 1. The van der Waals surface area contributed by atoms with Gasteiger partial charge in [-0.2, -0.15) is 5.10 Å². The van der Waals surface area contributed by atoms with E-state index in [2.05, 4.69) is 10.1 Å². The van der Waals surface area contributed by atoms with Gasteiger partial charge < -0.3 is 4.74 Å². The molecule has 0 aliphatic carbocycles. The molecule has 0 saturated carbocycles. The molecule has 154 valence electrons. The number of benzene rings is 1. The Kier molecular flexibility index (Phi) is 6.75. The first-order valence-electron chi connectivity index (χ1n) is 9.19. The Balaban J connectivity index is 2.15. The Morgan fingerprint density at radius 2 is 1.77 bits per heavy atom. The summed E-state index contributed by atoms with van der Waals surface area (Å²) in [6.07, 6.45) is 7.79. The third-order valence-corrected chi connectivity index (χ3v) is 5.11. The van der Waals surface area contributed by atoms with Crippen molar-refractivity contribution in [3.63, 3.8) is 0 Å². The molecule has 2 aromatic heterocycles. The molecule has 0 fully saturated rings. The lowest BCUT2D eigenvalue weighted by molar-refractivity contribution is 0.112. The summed E-state index contributed by atoms with van der Waals surface area (Å²) in [4.78, 5) is 15.4. The first-order chi connectivity index (χ1) is 14.3. The van der Waals surface area contributed by atoms with Crippen LogP contribution in [0.25, 0.3) is 16.8 Å². The van der Waals surface area contributed by atoms with E-state index in [-0.39, 0.29) is 0 Å². The fourth-order valence-electron chi connectivity index (χ4n) is 3.22. The average Bonchev–Trinajstić information content (AvgIpc) is 3.12. The van der Waals surface area contributed by atoms with E-state index < -0.39 is 0 Å². The maximum absolute atomic E-state index is 11.2. The Morgan fingerprint density at radius 3 is 2.40 bits per heavy atom. The van der Waals surface area contributed by atoms with Gasteiger partial charge in [0, 0.05) is 39.1 Å². The molecule has 7 heteroatoms. The first-order valence-corrected chi connectivity index (χ1v) is 9.95. The van der Waals surface area contributed by atoms with Crippen molar-refractivity contribution in [2.45, 2.75) is 20.8 Å². The molecule has 0 atom stereocenters. The molecule has 3 rings (SSSR count). The van der Waals surface area contributed by atoms with Crippen molar-refractivity contribution in [2.75, 3.05) is 7.11 Å². The third-order valence-electron chi connectivity index (χ3n) is 4.67. The van der Waals surface area contributed by atoms with Gasteiger partial charge in [-0.3, -0.25) is 9.78 Å². The number of halogens is 2. The van der Waals surface area contributed by atoms with Crippen LogP contribution in [-0.4, -0.2) is 28.2 Å². The first kappa shape index (κ1) is 21.8. The molecule has 0 aliphatic heterocycles. The Morgan fingerprint density at radius 1 is 1.07 bits per heavy atom. The third kappa shape index (κ3) is 4.64. The summed E-state index contributed by atoms with van der Waals surface area (Å²) in [6.45, 7) is 5.85. The van der Waals surface area contributed by atoms with Gasteiger partial charge in [-0.05, 0) is 62.2 Å². The van der Waals surface area contributed by atoms with Gasteiger partial charge in [0.25, 0.3) is 0 Å². The van der Waals surface area contributed by atoms with Crippen molar-refractivity contribution < 1.29 is 9.53 Å². The minimum atomic E-state index is 0.495. The second-order valence-corrected chi connectivity index (χ2v) is 7.71. The van der Waals surface area contributed by atoms with Gasteiger partial charge in [0.05, 0.1) is 24.7 Å². The summed E-state index contributed by atoms with van der Waals surface area (Å²) in [6, 6.07) is 7.08. The smallest absolute Gasteiger partial charge is 0.151 e. The molecule has 2 heterocycles. The van der Waals surface area contributed by atoms with E-state index in [4.69, 9.17) is 27.9 Å². The van der Waals surface area contributed by atoms with Gasteiger partial charge >= 0.3 is 0 Å². The average molecular weight is 442 g/mol. The van der Waals surface area contributed by atoms with Crippen LogP contribution in [0.15, 0.2) is 54.7 Å². The van der Waals surface area contributed by atoms with E-state index in [0.717, 1.165) is 39.9 Å². The minimum absolute atomic E-state index is 0.495. The maximum atomic E-state index is 11.2. The van der Waals surface area contributed by atoms with E-state index in [1.54, 1.807) is 36.3 Å². The molecule has 1 aromatic carbocycles. The molecule has 0 amide bonds. The predicted octanol–water partition coefficient (Wildman–Crippen LogP) is 6.18. The molecule has 0 aliphatic rings. The molecule has 0 saturated heterocycles. The van der Waals surface area contributed by atoms with Crippen LogP contribution in [0.4, 0.5) is 0 Å². The highest BCUT2D eigenvalue weighted by Crippen LogP contribution is 2.30. The summed E-state index contributed by atoms with van der Waals surface area (Å²) in [5.41, 5.74) is 5.72. The van der Waals surface area contributed by atoms with E-state index in [1.807, 2.05) is 39.0 Å². The highest BCUT2D eigenvalue weighted by Gasteiger charge is 2.15. The Hall–Kier alpha value is -2.89. The van der Waals surface area contributed by atoms with E-state index >= 15 is 0 Å². The zero-order valence-corrected chi connectivity index (χ0v) is 18.6. The summed E-state index contributed by atoms with van der Waals surface area (Å²) in [7, 11) is 1.61. The lowest BCUT2D eigenvalue weighted by atomic mass is 10.0. The minimum Gasteiger partial charge on any atom is -0.501 e. The lowest BCUT2D eigenvalue weighted by Crippen LogP contribution is -2.02. The number of pyridine rings is 1. The SMILES string of the molecule is CO/C(C)=C(/C=C(\C)c1c(C)cnn1-c1cc(Cl)cc(Cl)c1)c1cncc(C=O)c1. The van der Waals surface area contributed by atoms with Crippen molar-refractivity contribution in [1.29, 1.82) is 0 Å². The number of carbonyl (C=O) groups is 1. The number of hydrogen-bond donors (Lipinski definition) is 0. The number of nitrogens with zero attached hydrogens (tertiary/aromatic N) is 3. The normalized spacial score (nSPS) is 12.5. The van der Waals surface area contributed by atoms with Crippen molar-refractivity contribution in [1.82, 2.24) is 14.8 Å². The maximum Gasteiger partial charge on any atom is 0.151 e. The number of ether oxygens (including phenoxy) is 1. The van der Waals surface area contributed by atoms with E-state index in [0.29, 0.717) is 21.4 Å². The van der Waals surface area contributed by atoms with Crippen LogP contribution in [0, 0.1) is 6.92 Å². The summed E-state index contributed by atoms with van der Waals surface area (Å²) in [5.74, 6) is 0.703. The number of rotatable bonds is 6. The molecule has 0 bridgehead atoms. The molecule has 30 heavy (non-hydrogen) atoms. The number of hydrogen-bond acceptors (Lipinski definition) is 4. The molecule has 0 N–H and O–H groups in total. The van der Waals surface area contributed by atoms with E-state index in [9.17, 15) is 4.79 Å². The van der Waals surface area contributed by atoms with Gasteiger partial charge in [0.15, 0.2) is 6.29 Å².